The number of hydrogen-bond donors (Lipinski definition) is 0. The summed E-state index contributed by atoms with van der Waals surface area (Å²) in [5.74, 6) is -1.15. The lowest BCUT2D eigenvalue weighted by molar-refractivity contribution is -0.342. The van der Waals surface area contributed by atoms with Crippen molar-refractivity contribution in [3.05, 3.63) is 35.9 Å². The lowest BCUT2D eigenvalue weighted by atomic mass is 10.2. The first-order valence-corrected chi connectivity index (χ1v) is 5.86. The number of ether oxygens (including phenoxy) is 3. The van der Waals surface area contributed by atoms with E-state index in [1.54, 1.807) is 0 Å². The van der Waals surface area contributed by atoms with Crippen molar-refractivity contribution in [3.8, 4) is 0 Å². The van der Waals surface area contributed by atoms with E-state index in [4.69, 9.17) is 37.4 Å². The highest BCUT2D eigenvalue weighted by molar-refractivity contribution is 6.44. The maximum Gasteiger partial charge on any atom is 0.312 e. The molecule has 0 aliphatic carbocycles. The summed E-state index contributed by atoms with van der Waals surface area (Å²) in [4.78, 5) is -0.603. The second-order valence-electron chi connectivity index (χ2n) is 3.32. The Labute approximate surface area is 104 Å². The van der Waals surface area contributed by atoms with Crippen LogP contribution in [0.3, 0.4) is 0 Å². The molecule has 5 heteroatoms. The highest BCUT2D eigenvalue weighted by Crippen LogP contribution is 2.33. The number of benzene rings is 1. The summed E-state index contributed by atoms with van der Waals surface area (Å²) in [5.41, 5.74) is 0.807. The van der Waals surface area contributed by atoms with Gasteiger partial charge in [-0.2, -0.15) is 0 Å². The predicted octanol–water partition coefficient (Wildman–Crippen LogP) is 2.66. The maximum atomic E-state index is 5.63. The molecule has 1 aromatic carbocycles. The van der Waals surface area contributed by atoms with Crippen molar-refractivity contribution >= 4 is 23.2 Å². The van der Waals surface area contributed by atoms with Crippen molar-refractivity contribution in [2.45, 2.75) is 10.8 Å². The fraction of sp³-hybridized carbons (Fsp3) is 0.455. The molecule has 0 amide bonds. The van der Waals surface area contributed by atoms with Gasteiger partial charge in [-0.05, 0) is 0 Å². The quantitative estimate of drug-likeness (QED) is 0.781. The van der Waals surface area contributed by atoms with Crippen LogP contribution in [0.2, 0.25) is 0 Å². The molecule has 0 aromatic heterocycles. The summed E-state index contributed by atoms with van der Waals surface area (Å²) in [6.45, 7) is 1.13. The number of rotatable bonds is 4. The summed E-state index contributed by atoms with van der Waals surface area (Å²) in [6.07, 6.45) is 0. The van der Waals surface area contributed by atoms with Crippen LogP contribution in [0, 0.1) is 0 Å². The average Bonchev–Trinajstić information content (AvgIpc) is 2.78. The smallest absolute Gasteiger partial charge is 0.312 e. The van der Waals surface area contributed by atoms with Crippen molar-refractivity contribution in [3.63, 3.8) is 0 Å². The topological polar surface area (TPSA) is 27.7 Å². The van der Waals surface area contributed by atoms with Crippen molar-refractivity contribution in [2.24, 2.45) is 0 Å². The fourth-order valence-corrected chi connectivity index (χ4v) is 1.67. The monoisotopic (exact) mass is 262 g/mol. The van der Waals surface area contributed by atoms with Crippen LogP contribution in [0.5, 0.6) is 0 Å². The molecule has 16 heavy (non-hydrogen) atoms. The van der Waals surface area contributed by atoms with Crippen LogP contribution < -0.4 is 0 Å². The van der Waals surface area contributed by atoms with Gasteiger partial charge < -0.3 is 14.2 Å². The molecule has 0 radical (unpaired) electrons. The second kappa shape index (κ2) is 5.34. The molecule has 1 aliphatic rings. The van der Waals surface area contributed by atoms with Crippen LogP contribution in [0.25, 0.3) is 0 Å². The largest absolute Gasteiger partial charge is 0.321 e. The first-order chi connectivity index (χ1) is 7.73. The summed E-state index contributed by atoms with van der Waals surface area (Å²) in [6, 6.07) is 9.46. The first kappa shape index (κ1) is 12.1. The van der Waals surface area contributed by atoms with E-state index in [-0.39, 0.29) is 6.61 Å². The third-order valence-corrected chi connectivity index (χ3v) is 2.45. The maximum absolute atomic E-state index is 5.63. The Morgan fingerprint density at radius 1 is 1.19 bits per heavy atom. The van der Waals surface area contributed by atoms with Gasteiger partial charge in [0.05, 0.1) is 19.8 Å². The minimum absolute atomic E-state index is 0.151. The first-order valence-electron chi connectivity index (χ1n) is 4.98. The van der Waals surface area contributed by atoms with E-state index >= 15 is 0 Å². The molecule has 1 heterocycles. The molecular weight excluding hydrogens is 251 g/mol. The molecule has 1 aliphatic heterocycles. The van der Waals surface area contributed by atoms with Crippen LogP contribution in [0.1, 0.15) is 5.56 Å². The molecule has 88 valence electrons. The molecule has 0 N–H and O–H groups in total. The standard InChI is InChI=1S/C11H12Cl2O3/c12-10(13)8-16-11(14-6-7-15-11)9-4-2-1-3-5-9/h1-5,10H,6-8H2. The molecule has 0 saturated carbocycles. The minimum Gasteiger partial charge on any atom is -0.321 e. The van der Waals surface area contributed by atoms with Crippen molar-refractivity contribution < 1.29 is 14.2 Å². The minimum atomic E-state index is -1.15. The fourth-order valence-electron chi connectivity index (χ4n) is 1.54. The Morgan fingerprint density at radius 3 is 2.38 bits per heavy atom. The van der Waals surface area contributed by atoms with Gasteiger partial charge in [0, 0.05) is 5.56 Å². The Hall–Kier alpha value is -0.320. The van der Waals surface area contributed by atoms with Gasteiger partial charge in [0.2, 0.25) is 0 Å². The van der Waals surface area contributed by atoms with Crippen LogP contribution in [-0.4, -0.2) is 24.7 Å². The van der Waals surface area contributed by atoms with Gasteiger partial charge in [-0.3, -0.25) is 0 Å². The third-order valence-electron chi connectivity index (χ3n) is 2.19. The molecule has 3 nitrogen and oxygen atoms in total. The normalized spacial score (nSPS) is 19.2. The molecular formula is C11H12Cl2O3. The van der Waals surface area contributed by atoms with E-state index in [0.29, 0.717) is 13.2 Å². The molecule has 0 bridgehead atoms. The van der Waals surface area contributed by atoms with Gasteiger partial charge in [0.15, 0.2) is 0 Å². The zero-order valence-corrected chi connectivity index (χ0v) is 10.1. The zero-order chi connectivity index (χ0) is 11.4. The van der Waals surface area contributed by atoms with E-state index in [1.165, 1.54) is 0 Å². The van der Waals surface area contributed by atoms with Gasteiger partial charge >= 0.3 is 5.97 Å². The number of halogens is 2. The second-order valence-corrected chi connectivity index (χ2v) is 4.60. The zero-order valence-electron chi connectivity index (χ0n) is 8.57. The molecule has 2 rings (SSSR count). The SMILES string of the molecule is ClC(Cl)COC1(c2ccccc2)OCCO1. The Bertz CT molecular complexity index is 323. The Morgan fingerprint density at radius 2 is 1.81 bits per heavy atom. The van der Waals surface area contributed by atoms with Crippen LogP contribution in [0.4, 0.5) is 0 Å². The Kier molecular flexibility index (Phi) is 4.05. The van der Waals surface area contributed by atoms with E-state index < -0.39 is 10.8 Å². The lowest BCUT2D eigenvalue weighted by Crippen LogP contribution is -2.32. The van der Waals surface area contributed by atoms with Gasteiger partial charge in [-0.1, -0.05) is 30.3 Å². The third kappa shape index (κ3) is 2.67. The van der Waals surface area contributed by atoms with Crippen molar-refractivity contribution in [2.75, 3.05) is 19.8 Å². The van der Waals surface area contributed by atoms with Gasteiger partial charge in [-0.15, -0.1) is 23.2 Å². The van der Waals surface area contributed by atoms with Gasteiger partial charge in [-0.25, -0.2) is 0 Å². The highest BCUT2D eigenvalue weighted by Gasteiger charge is 2.40. The summed E-state index contributed by atoms with van der Waals surface area (Å²) >= 11 is 11.3. The van der Waals surface area contributed by atoms with E-state index in [2.05, 4.69) is 0 Å². The predicted molar refractivity (Wildman–Crippen MR) is 61.5 cm³/mol. The lowest BCUT2D eigenvalue weighted by Gasteiger charge is -2.27. The summed E-state index contributed by atoms with van der Waals surface area (Å²) < 4.78 is 16.6. The van der Waals surface area contributed by atoms with Gasteiger partial charge in [0.25, 0.3) is 0 Å². The Balaban J connectivity index is 2.16. The van der Waals surface area contributed by atoms with Crippen LogP contribution >= 0.6 is 23.2 Å². The molecule has 0 atom stereocenters. The van der Waals surface area contributed by atoms with Crippen LogP contribution in [-0.2, 0) is 20.2 Å². The number of hydrogen-bond acceptors (Lipinski definition) is 3. The van der Waals surface area contributed by atoms with Crippen molar-refractivity contribution in [1.82, 2.24) is 0 Å². The van der Waals surface area contributed by atoms with E-state index in [1.807, 2.05) is 30.3 Å². The summed E-state index contributed by atoms with van der Waals surface area (Å²) in [5, 5.41) is 0. The molecule has 0 unspecified atom stereocenters. The molecule has 1 aromatic rings. The van der Waals surface area contributed by atoms with Gasteiger partial charge in [0.1, 0.15) is 4.84 Å². The molecule has 0 spiro atoms. The molecule has 1 saturated heterocycles. The highest BCUT2D eigenvalue weighted by atomic mass is 35.5. The van der Waals surface area contributed by atoms with E-state index in [0.717, 1.165) is 5.56 Å². The van der Waals surface area contributed by atoms with E-state index in [9.17, 15) is 0 Å². The molecule has 1 fully saturated rings. The van der Waals surface area contributed by atoms with Crippen molar-refractivity contribution in [1.29, 1.82) is 0 Å². The van der Waals surface area contributed by atoms with Crippen LogP contribution in [0.15, 0.2) is 30.3 Å². The number of alkyl halides is 2. The summed E-state index contributed by atoms with van der Waals surface area (Å²) in [7, 11) is 0. The average molecular weight is 263 g/mol.